The van der Waals surface area contributed by atoms with Gasteiger partial charge >= 0.3 is 0 Å². The predicted octanol–water partition coefficient (Wildman–Crippen LogP) is 2.74. The van der Waals surface area contributed by atoms with Crippen LogP contribution in [0, 0.1) is 0 Å². The van der Waals surface area contributed by atoms with Gasteiger partial charge in [0.25, 0.3) is 0 Å². The Morgan fingerprint density at radius 3 is 2.61 bits per heavy atom. The van der Waals surface area contributed by atoms with Crippen molar-refractivity contribution in [1.29, 1.82) is 0 Å². The third-order valence-corrected chi connectivity index (χ3v) is 2.87. The number of benzene rings is 1. The Kier molecular flexibility index (Phi) is 4.52. The Balaban J connectivity index is 1.95. The molecule has 0 saturated heterocycles. The summed E-state index contributed by atoms with van der Waals surface area (Å²) in [4.78, 5) is 4.10. The van der Waals surface area contributed by atoms with E-state index in [-0.39, 0.29) is 0 Å². The van der Waals surface area contributed by atoms with Gasteiger partial charge in [-0.1, -0.05) is 35.9 Å². The van der Waals surface area contributed by atoms with Gasteiger partial charge in [-0.3, -0.25) is 0 Å². The smallest absolute Gasteiger partial charge is 0.145 e. The van der Waals surface area contributed by atoms with Gasteiger partial charge in [-0.2, -0.15) is 0 Å². The van der Waals surface area contributed by atoms with Crippen LogP contribution in [0.3, 0.4) is 0 Å². The first-order valence-electron chi connectivity index (χ1n) is 5.53. The Morgan fingerprint density at radius 2 is 1.83 bits per heavy atom. The van der Waals surface area contributed by atoms with Crippen LogP contribution in [0.2, 0.25) is 5.02 Å². The summed E-state index contributed by atoms with van der Waals surface area (Å²) in [5.74, 6) is 5.99. The summed E-state index contributed by atoms with van der Waals surface area (Å²) in [5, 5.41) is 0.709. The maximum absolute atomic E-state index is 6.04. The van der Waals surface area contributed by atoms with Crippen molar-refractivity contribution < 1.29 is 4.74 Å². The number of anilines is 1. The molecule has 0 aliphatic carbocycles. The fraction of sp³-hybridized carbons (Fsp3) is 0.154. The van der Waals surface area contributed by atoms with Crippen LogP contribution in [0.15, 0.2) is 42.6 Å². The lowest BCUT2D eigenvalue weighted by Gasteiger charge is -2.09. The maximum atomic E-state index is 6.04. The number of rotatable bonds is 5. The first-order valence-corrected chi connectivity index (χ1v) is 5.90. The highest BCUT2D eigenvalue weighted by Crippen LogP contribution is 2.17. The number of hydrogen-bond acceptors (Lipinski definition) is 4. The summed E-state index contributed by atoms with van der Waals surface area (Å²) in [7, 11) is 0. The van der Waals surface area contributed by atoms with Crippen LogP contribution < -0.4 is 11.3 Å². The van der Waals surface area contributed by atoms with E-state index in [0.717, 1.165) is 11.1 Å². The lowest BCUT2D eigenvalue weighted by atomic mass is 10.2. The van der Waals surface area contributed by atoms with E-state index in [1.54, 1.807) is 6.20 Å². The number of hydrazine groups is 1. The van der Waals surface area contributed by atoms with Crippen LogP contribution in [0.25, 0.3) is 0 Å². The normalized spacial score (nSPS) is 10.3. The average molecular weight is 264 g/mol. The summed E-state index contributed by atoms with van der Waals surface area (Å²) < 4.78 is 5.61. The van der Waals surface area contributed by atoms with Crippen molar-refractivity contribution >= 4 is 17.4 Å². The number of hydrogen-bond donors (Lipinski definition) is 2. The number of nitrogens with one attached hydrogen (secondary N) is 1. The summed E-state index contributed by atoms with van der Waals surface area (Å²) >= 11 is 6.04. The molecular weight excluding hydrogens is 250 g/mol. The highest BCUT2D eigenvalue weighted by molar-refractivity contribution is 6.31. The van der Waals surface area contributed by atoms with Gasteiger partial charge in [-0.05, 0) is 17.7 Å². The van der Waals surface area contributed by atoms with E-state index < -0.39 is 0 Å². The van der Waals surface area contributed by atoms with Crippen molar-refractivity contribution in [3.63, 3.8) is 0 Å². The third kappa shape index (κ3) is 3.20. The molecule has 5 heteroatoms. The number of halogens is 1. The van der Waals surface area contributed by atoms with Gasteiger partial charge in [0.15, 0.2) is 0 Å². The van der Waals surface area contributed by atoms with Crippen LogP contribution in [0.4, 0.5) is 5.82 Å². The SMILES string of the molecule is NNc1ncccc1COCc1ccccc1Cl. The third-order valence-electron chi connectivity index (χ3n) is 2.50. The van der Waals surface area contributed by atoms with Crippen LogP contribution in [-0.2, 0) is 18.0 Å². The number of nitrogen functional groups attached to an aromatic ring is 1. The Bertz CT molecular complexity index is 519. The summed E-state index contributed by atoms with van der Waals surface area (Å²) in [5.41, 5.74) is 4.41. The summed E-state index contributed by atoms with van der Waals surface area (Å²) in [6, 6.07) is 11.4. The monoisotopic (exact) mass is 263 g/mol. The molecule has 1 heterocycles. The van der Waals surface area contributed by atoms with E-state index in [0.29, 0.717) is 24.1 Å². The minimum atomic E-state index is 0.429. The lowest BCUT2D eigenvalue weighted by molar-refractivity contribution is 0.107. The minimum absolute atomic E-state index is 0.429. The van der Waals surface area contributed by atoms with Gasteiger partial charge in [-0.25, -0.2) is 10.8 Å². The number of pyridine rings is 1. The summed E-state index contributed by atoms with van der Waals surface area (Å²) in [6.07, 6.45) is 1.67. The van der Waals surface area contributed by atoms with E-state index in [1.807, 2.05) is 36.4 Å². The van der Waals surface area contributed by atoms with Gasteiger partial charge < -0.3 is 10.2 Å². The molecule has 0 amide bonds. The predicted molar refractivity (Wildman–Crippen MR) is 72.0 cm³/mol. The molecule has 0 aliphatic rings. The quantitative estimate of drug-likeness (QED) is 0.643. The fourth-order valence-corrected chi connectivity index (χ4v) is 1.76. The van der Waals surface area contributed by atoms with Gasteiger partial charge in [0.05, 0.1) is 13.2 Å². The zero-order valence-electron chi connectivity index (χ0n) is 9.77. The second-order valence-electron chi connectivity index (χ2n) is 3.74. The molecule has 0 bridgehead atoms. The van der Waals surface area contributed by atoms with Crippen molar-refractivity contribution in [3.05, 3.63) is 58.7 Å². The minimum Gasteiger partial charge on any atom is -0.372 e. The molecule has 0 atom stereocenters. The molecule has 0 aliphatic heterocycles. The largest absolute Gasteiger partial charge is 0.372 e. The molecule has 3 N–H and O–H groups in total. The van der Waals surface area contributed by atoms with Gasteiger partial charge in [0.1, 0.15) is 5.82 Å². The molecule has 0 radical (unpaired) electrons. The molecule has 1 aromatic carbocycles. The van der Waals surface area contributed by atoms with E-state index in [2.05, 4.69) is 10.4 Å². The van der Waals surface area contributed by atoms with Crippen LogP contribution in [-0.4, -0.2) is 4.98 Å². The van der Waals surface area contributed by atoms with Crippen molar-refractivity contribution in [2.75, 3.05) is 5.43 Å². The van der Waals surface area contributed by atoms with Crippen molar-refractivity contribution in [1.82, 2.24) is 4.98 Å². The molecule has 0 unspecified atom stereocenters. The zero-order chi connectivity index (χ0) is 12.8. The topological polar surface area (TPSA) is 60.2 Å². The molecule has 4 nitrogen and oxygen atoms in total. The van der Waals surface area contributed by atoms with Gasteiger partial charge in [0.2, 0.25) is 0 Å². The molecule has 2 aromatic rings. The zero-order valence-corrected chi connectivity index (χ0v) is 10.5. The van der Waals surface area contributed by atoms with E-state index in [9.17, 15) is 0 Å². The first-order chi connectivity index (χ1) is 8.81. The fourth-order valence-electron chi connectivity index (χ4n) is 1.57. The number of aromatic nitrogens is 1. The van der Waals surface area contributed by atoms with Gasteiger partial charge in [-0.15, -0.1) is 0 Å². The van der Waals surface area contributed by atoms with Crippen LogP contribution in [0.5, 0.6) is 0 Å². The lowest BCUT2D eigenvalue weighted by Crippen LogP contribution is -2.11. The van der Waals surface area contributed by atoms with Gasteiger partial charge in [0, 0.05) is 16.8 Å². The number of nitrogens with two attached hydrogens (primary N) is 1. The summed E-state index contributed by atoms with van der Waals surface area (Å²) in [6.45, 7) is 0.886. The Labute approximate surface area is 111 Å². The highest BCUT2D eigenvalue weighted by atomic mass is 35.5. The highest BCUT2D eigenvalue weighted by Gasteiger charge is 2.03. The van der Waals surface area contributed by atoms with Crippen molar-refractivity contribution in [3.8, 4) is 0 Å². The maximum Gasteiger partial charge on any atom is 0.145 e. The Hall–Kier alpha value is -1.62. The molecule has 94 valence electrons. The molecule has 0 saturated carbocycles. The number of nitrogens with zero attached hydrogens (tertiary/aromatic N) is 1. The van der Waals surface area contributed by atoms with E-state index in [1.165, 1.54) is 0 Å². The molecule has 0 spiro atoms. The molecule has 18 heavy (non-hydrogen) atoms. The second kappa shape index (κ2) is 6.35. The molecule has 1 aromatic heterocycles. The van der Waals surface area contributed by atoms with Crippen LogP contribution >= 0.6 is 11.6 Å². The number of ether oxygens (including phenoxy) is 1. The standard InChI is InChI=1S/C13H14ClN3O/c14-12-6-2-1-4-10(12)8-18-9-11-5-3-7-16-13(11)17-15/h1-7H,8-9,15H2,(H,16,17). The van der Waals surface area contributed by atoms with Crippen LogP contribution in [0.1, 0.15) is 11.1 Å². The van der Waals surface area contributed by atoms with E-state index in [4.69, 9.17) is 22.2 Å². The first kappa shape index (κ1) is 12.8. The van der Waals surface area contributed by atoms with E-state index >= 15 is 0 Å². The Morgan fingerprint density at radius 1 is 1.11 bits per heavy atom. The second-order valence-corrected chi connectivity index (χ2v) is 4.15. The average Bonchev–Trinajstić information content (AvgIpc) is 2.41. The molecule has 0 fully saturated rings. The molecule has 2 rings (SSSR count). The molecular formula is C13H14ClN3O. The van der Waals surface area contributed by atoms with Crippen molar-refractivity contribution in [2.24, 2.45) is 5.84 Å². The van der Waals surface area contributed by atoms with Crippen molar-refractivity contribution in [2.45, 2.75) is 13.2 Å².